The van der Waals surface area contributed by atoms with Crippen LogP contribution in [0, 0.1) is 0 Å². The van der Waals surface area contributed by atoms with Crippen molar-refractivity contribution in [3.05, 3.63) is 11.8 Å². The van der Waals surface area contributed by atoms with Crippen LogP contribution in [0.5, 0.6) is 0 Å². The van der Waals surface area contributed by atoms with Gasteiger partial charge in [0.05, 0.1) is 0 Å². The maximum absolute atomic E-state index is 4.22. The molecule has 0 aliphatic carbocycles. The number of aliphatic imine (C=N–C) groups is 1. The van der Waals surface area contributed by atoms with E-state index in [1.54, 1.807) is 0 Å². The smallest absolute Gasteiger partial charge is 0.0354 e. The first kappa shape index (κ1) is 8.41. The quantitative estimate of drug-likeness (QED) is 0.514. The Bertz CT molecular complexity index is 112. The van der Waals surface area contributed by atoms with Crippen LogP contribution in [0.15, 0.2) is 16.8 Å². The number of allylic oxidation sites excluding steroid dienone is 2. The van der Waals surface area contributed by atoms with E-state index in [2.05, 4.69) is 18.8 Å². The van der Waals surface area contributed by atoms with Crippen molar-refractivity contribution in [2.45, 2.75) is 33.6 Å². The van der Waals surface area contributed by atoms with Gasteiger partial charge in [0.2, 0.25) is 0 Å². The summed E-state index contributed by atoms with van der Waals surface area (Å²) in [7, 11) is 0. The molecule has 0 saturated heterocycles. The molecule has 52 valence electrons. The summed E-state index contributed by atoms with van der Waals surface area (Å²) in [6, 6.07) is 0. The van der Waals surface area contributed by atoms with Gasteiger partial charge in [0, 0.05) is 11.9 Å². The van der Waals surface area contributed by atoms with Crippen LogP contribution in [0.1, 0.15) is 33.6 Å². The molecular weight excluding hydrogens is 110 g/mol. The summed E-state index contributed by atoms with van der Waals surface area (Å²) in [5, 5.41) is 0. The van der Waals surface area contributed by atoms with Crippen molar-refractivity contribution in [1.82, 2.24) is 0 Å². The van der Waals surface area contributed by atoms with Gasteiger partial charge in [-0.3, -0.25) is 4.99 Å². The lowest BCUT2D eigenvalue weighted by atomic mass is 10.3. The van der Waals surface area contributed by atoms with E-state index in [0.717, 1.165) is 12.8 Å². The molecule has 0 aromatic rings. The predicted molar refractivity (Wildman–Crippen MR) is 42.8 cm³/mol. The van der Waals surface area contributed by atoms with Crippen molar-refractivity contribution >= 4 is 6.21 Å². The third kappa shape index (κ3) is 3.95. The zero-order valence-corrected chi connectivity index (χ0v) is 6.52. The number of rotatable bonds is 3. The van der Waals surface area contributed by atoms with Gasteiger partial charge in [0.1, 0.15) is 0 Å². The first-order valence-corrected chi connectivity index (χ1v) is 3.52. The topological polar surface area (TPSA) is 12.4 Å². The molecule has 0 atom stereocenters. The Hall–Kier alpha value is -0.590. The molecule has 0 radical (unpaired) electrons. The first-order chi connectivity index (χ1) is 4.35. The van der Waals surface area contributed by atoms with Crippen molar-refractivity contribution in [3.63, 3.8) is 0 Å². The van der Waals surface area contributed by atoms with Crippen molar-refractivity contribution in [2.24, 2.45) is 4.99 Å². The number of hydrogen-bond donors (Lipinski definition) is 0. The SMILES string of the molecule is C/C=C(\CC)N=CCC. The van der Waals surface area contributed by atoms with E-state index in [1.165, 1.54) is 5.70 Å². The highest BCUT2D eigenvalue weighted by atomic mass is 14.7. The highest BCUT2D eigenvalue weighted by Crippen LogP contribution is 1.99. The lowest BCUT2D eigenvalue weighted by Crippen LogP contribution is -1.74. The van der Waals surface area contributed by atoms with Crippen molar-refractivity contribution in [3.8, 4) is 0 Å². The van der Waals surface area contributed by atoms with Gasteiger partial charge in [-0.1, -0.05) is 19.9 Å². The standard InChI is InChI=1S/C8H15N/c1-4-7-9-8(5-2)6-3/h5,7H,4,6H2,1-3H3/b8-5+,9-7?. The van der Waals surface area contributed by atoms with Crippen LogP contribution in [0.4, 0.5) is 0 Å². The highest BCUT2D eigenvalue weighted by molar-refractivity contribution is 5.58. The fourth-order valence-corrected chi connectivity index (χ4v) is 0.578. The van der Waals surface area contributed by atoms with Gasteiger partial charge in [0.15, 0.2) is 0 Å². The van der Waals surface area contributed by atoms with E-state index in [1.807, 2.05) is 19.2 Å². The molecular formula is C8H15N. The van der Waals surface area contributed by atoms with Crippen molar-refractivity contribution < 1.29 is 0 Å². The second-order valence-corrected chi connectivity index (χ2v) is 1.85. The summed E-state index contributed by atoms with van der Waals surface area (Å²) >= 11 is 0. The molecule has 1 nitrogen and oxygen atoms in total. The van der Waals surface area contributed by atoms with Gasteiger partial charge >= 0.3 is 0 Å². The maximum atomic E-state index is 4.22. The van der Waals surface area contributed by atoms with E-state index >= 15 is 0 Å². The van der Waals surface area contributed by atoms with Crippen LogP contribution in [-0.4, -0.2) is 6.21 Å². The zero-order valence-electron chi connectivity index (χ0n) is 6.52. The van der Waals surface area contributed by atoms with E-state index in [9.17, 15) is 0 Å². The molecule has 9 heavy (non-hydrogen) atoms. The molecule has 0 rings (SSSR count). The van der Waals surface area contributed by atoms with E-state index < -0.39 is 0 Å². The largest absolute Gasteiger partial charge is 0.266 e. The average molecular weight is 125 g/mol. The molecule has 0 aromatic carbocycles. The Kier molecular flexibility index (Phi) is 5.18. The normalized spacial score (nSPS) is 13.0. The maximum Gasteiger partial charge on any atom is 0.0354 e. The zero-order chi connectivity index (χ0) is 7.11. The monoisotopic (exact) mass is 125 g/mol. The Balaban J connectivity index is 3.70. The van der Waals surface area contributed by atoms with Crippen LogP contribution < -0.4 is 0 Å². The molecule has 1 heteroatoms. The lowest BCUT2D eigenvalue weighted by molar-refractivity contribution is 1.06. The number of hydrogen-bond acceptors (Lipinski definition) is 1. The molecule has 0 bridgehead atoms. The Morgan fingerprint density at radius 1 is 1.44 bits per heavy atom. The second kappa shape index (κ2) is 5.54. The lowest BCUT2D eigenvalue weighted by Gasteiger charge is -1.91. The van der Waals surface area contributed by atoms with Crippen LogP contribution in [-0.2, 0) is 0 Å². The van der Waals surface area contributed by atoms with Crippen LogP contribution in [0.2, 0.25) is 0 Å². The average Bonchev–Trinajstić information content (AvgIpc) is 1.91. The molecule has 0 N–H and O–H groups in total. The molecule has 0 aliphatic rings. The molecule has 0 amide bonds. The first-order valence-electron chi connectivity index (χ1n) is 3.52. The summed E-state index contributed by atoms with van der Waals surface area (Å²) < 4.78 is 0. The minimum absolute atomic E-state index is 1.03. The summed E-state index contributed by atoms with van der Waals surface area (Å²) in [4.78, 5) is 4.22. The Morgan fingerprint density at radius 3 is 2.44 bits per heavy atom. The van der Waals surface area contributed by atoms with E-state index in [-0.39, 0.29) is 0 Å². The van der Waals surface area contributed by atoms with Gasteiger partial charge in [-0.15, -0.1) is 0 Å². The summed E-state index contributed by atoms with van der Waals surface area (Å²) in [6.07, 6.45) is 6.05. The molecule has 0 fully saturated rings. The minimum atomic E-state index is 1.03. The molecule has 0 heterocycles. The van der Waals surface area contributed by atoms with Gasteiger partial charge in [-0.05, 0) is 19.8 Å². The molecule has 0 unspecified atom stereocenters. The second-order valence-electron chi connectivity index (χ2n) is 1.85. The summed E-state index contributed by atoms with van der Waals surface area (Å²) in [5.41, 5.74) is 1.18. The van der Waals surface area contributed by atoms with Crippen LogP contribution in [0.3, 0.4) is 0 Å². The van der Waals surface area contributed by atoms with Gasteiger partial charge in [-0.25, -0.2) is 0 Å². The Labute approximate surface area is 57.5 Å². The predicted octanol–water partition coefficient (Wildman–Crippen LogP) is 2.78. The minimum Gasteiger partial charge on any atom is -0.266 e. The Morgan fingerprint density at radius 2 is 2.11 bits per heavy atom. The van der Waals surface area contributed by atoms with Crippen LogP contribution in [0.25, 0.3) is 0 Å². The molecule has 0 saturated carbocycles. The fraction of sp³-hybridized carbons (Fsp3) is 0.625. The highest BCUT2D eigenvalue weighted by Gasteiger charge is 1.82. The summed E-state index contributed by atoms with van der Waals surface area (Å²) in [6.45, 7) is 6.22. The fourth-order valence-electron chi connectivity index (χ4n) is 0.578. The third-order valence-electron chi connectivity index (χ3n) is 1.14. The van der Waals surface area contributed by atoms with Gasteiger partial charge in [-0.2, -0.15) is 0 Å². The van der Waals surface area contributed by atoms with Crippen LogP contribution >= 0.6 is 0 Å². The van der Waals surface area contributed by atoms with E-state index in [0.29, 0.717) is 0 Å². The van der Waals surface area contributed by atoms with Crippen molar-refractivity contribution in [2.75, 3.05) is 0 Å². The molecule has 0 aliphatic heterocycles. The van der Waals surface area contributed by atoms with Crippen molar-refractivity contribution in [1.29, 1.82) is 0 Å². The van der Waals surface area contributed by atoms with E-state index in [4.69, 9.17) is 0 Å². The summed E-state index contributed by atoms with van der Waals surface area (Å²) in [5.74, 6) is 0. The molecule has 0 aromatic heterocycles. The number of nitrogens with zero attached hydrogens (tertiary/aromatic N) is 1. The third-order valence-corrected chi connectivity index (χ3v) is 1.14. The van der Waals surface area contributed by atoms with Gasteiger partial charge in [0.25, 0.3) is 0 Å². The van der Waals surface area contributed by atoms with Gasteiger partial charge < -0.3 is 0 Å². The molecule has 0 spiro atoms.